The van der Waals surface area contributed by atoms with Crippen molar-refractivity contribution in [2.45, 2.75) is 6.54 Å². The smallest absolute Gasteiger partial charge is 0.226 e. The van der Waals surface area contributed by atoms with E-state index in [0.717, 1.165) is 28.1 Å². The summed E-state index contributed by atoms with van der Waals surface area (Å²) in [5.74, 6) is 2.70. The number of hydrogen-bond donors (Lipinski definition) is 3. The van der Waals surface area contributed by atoms with E-state index >= 15 is 0 Å². The van der Waals surface area contributed by atoms with Gasteiger partial charge < -0.3 is 25.8 Å². The van der Waals surface area contributed by atoms with Gasteiger partial charge in [0.1, 0.15) is 17.3 Å². The minimum absolute atomic E-state index is 0.499. The van der Waals surface area contributed by atoms with Gasteiger partial charge in [0.25, 0.3) is 0 Å². The third-order valence-corrected chi connectivity index (χ3v) is 3.96. The Morgan fingerprint density at radius 1 is 1.15 bits per heavy atom. The summed E-state index contributed by atoms with van der Waals surface area (Å²) in [6, 6.07) is 5.71. The van der Waals surface area contributed by atoms with Gasteiger partial charge in [-0.2, -0.15) is 15.1 Å². The van der Waals surface area contributed by atoms with Crippen LogP contribution < -0.4 is 25.8 Å². The van der Waals surface area contributed by atoms with Gasteiger partial charge >= 0.3 is 0 Å². The first-order valence-corrected chi connectivity index (χ1v) is 8.24. The molecule has 0 aliphatic heterocycles. The molecule has 0 unspecified atom stereocenters. The van der Waals surface area contributed by atoms with Gasteiger partial charge in [-0.1, -0.05) is 0 Å². The van der Waals surface area contributed by atoms with Crippen LogP contribution in [0.15, 0.2) is 24.4 Å². The van der Waals surface area contributed by atoms with E-state index in [-0.39, 0.29) is 0 Å². The highest BCUT2D eigenvalue weighted by atomic mass is 16.5. The van der Waals surface area contributed by atoms with Gasteiger partial charge in [0.2, 0.25) is 5.95 Å². The van der Waals surface area contributed by atoms with Gasteiger partial charge in [0.15, 0.2) is 5.65 Å². The second-order valence-corrected chi connectivity index (χ2v) is 5.65. The molecule has 9 nitrogen and oxygen atoms in total. The SMILES string of the molecule is COc1ccc(CNc2nc(NCCN)nc3c2cnn3C)c(OC)c1. The van der Waals surface area contributed by atoms with Crippen LogP contribution in [-0.2, 0) is 13.6 Å². The molecule has 0 fully saturated rings. The van der Waals surface area contributed by atoms with Crippen LogP contribution in [0.5, 0.6) is 11.5 Å². The molecular formula is C17H23N7O2. The Kier molecular flexibility index (Phi) is 5.37. The zero-order chi connectivity index (χ0) is 18.5. The molecular weight excluding hydrogens is 334 g/mol. The van der Waals surface area contributed by atoms with E-state index in [1.54, 1.807) is 25.1 Å². The van der Waals surface area contributed by atoms with Crippen molar-refractivity contribution < 1.29 is 9.47 Å². The first-order chi connectivity index (χ1) is 12.7. The topological polar surface area (TPSA) is 112 Å². The van der Waals surface area contributed by atoms with Gasteiger partial charge in [-0.05, 0) is 12.1 Å². The van der Waals surface area contributed by atoms with Crippen molar-refractivity contribution >= 4 is 22.8 Å². The zero-order valence-corrected chi connectivity index (χ0v) is 15.1. The maximum Gasteiger partial charge on any atom is 0.226 e. The number of aryl methyl sites for hydroxylation is 1. The summed E-state index contributed by atoms with van der Waals surface area (Å²) in [7, 11) is 5.11. The summed E-state index contributed by atoms with van der Waals surface area (Å²) in [5.41, 5.74) is 7.28. The minimum atomic E-state index is 0.499. The Hall–Kier alpha value is -3.07. The molecule has 0 saturated heterocycles. The molecule has 138 valence electrons. The first kappa shape index (κ1) is 17.7. The van der Waals surface area contributed by atoms with Gasteiger partial charge in [-0.3, -0.25) is 4.68 Å². The number of nitrogens with two attached hydrogens (primary N) is 1. The molecule has 2 aromatic heterocycles. The Balaban J connectivity index is 1.88. The molecule has 26 heavy (non-hydrogen) atoms. The maximum atomic E-state index is 5.55. The quantitative estimate of drug-likeness (QED) is 0.554. The highest BCUT2D eigenvalue weighted by molar-refractivity contribution is 5.87. The second kappa shape index (κ2) is 7.87. The molecule has 9 heteroatoms. The molecule has 0 amide bonds. The number of anilines is 2. The highest BCUT2D eigenvalue weighted by Gasteiger charge is 2.12. The van der Waals surface area contributed by atoms with E-state index in [1.165, 1.54) is 0 Å². The lowest BCUT2D eigenvalue weighted by atomic mass is 10.2. The van der Waals surface area contributed by atoms with E-state index in [1.807, 2.05) is 25.2 Å². The number of nitrogens with one attached hydrogen (secondary N) is 2. The third kappa shape index (κ3) is 3.62. The lowest BCUT2D eigenvalue weighted by molar-refractivity contribution is 0.391. The van der Waals surface area contributed by atoms with Crippen molar-refractivity contribution in [3.63, 3.8) is 0 Å². The van der Waals surface area contributed by atoms with Crippen LogP contribution >= 0.6 is 0 Å². The van der Waals surface area contributed by atoms with Gasteiger partial charge in [-0.25, -0.2) is 0 Å². The summed E-state index contributed by atoms with van der Waals surface area (Å²) < 4.78 is 12.4. The molecule has 3 rings (SSSR count). The lowest BCUT2D eigenvalue weighted by Crippen LogP contribution is -2.15. The number of nitrogens with zero attached hydrogens (tertiary/aromatic N) is 4. The molecule has 3 aromatic rings. The average molecular weight is 357 g/mol. The van der Waals surface area contributed by atoms with Crippen LogP contribution in [0.25, 0.3) is 11.0 Å². The zero-order valence-electron chi connectivity index (χ0n) is 15.1. The number of aromatic nitrogens is 4. The van der Waals surface area contributed by atoms with Crippen molar-refractivity contribution in [3.8, 4) is 11.5 Å². The van der Waals surface area contributed by atoms with Crippen LogP contribution in [0, 0.1) is 0 Å². The minimum Gasteiger partial charge on any atom is -0.497 e. The third-order valence-electron chi connectivity index (χ3n) is 3.96. The van der Waals surface area contributed by atoms with Gasteiger partial charge in [0, 0.05) is 38.3 Å². The van der Waals surface area contributed by atoms with Crippen LogP contribution in [0.1, 0.15) is 5.56 Å². The van der Waals surface area contributed by atoms with E-state index in [4.69, 9.17) is 15.2 Å². The predicted octanol–water partition coefficient (Wildman–Crippen LogP) is 1.36. The molecule has 1 aromatic carbocycles. The lowest BCUT2D eigenvalue weighted by Gasteiger charge is -2.13. The number of ether oxygens (including phenoxy) is 2. The van der Waals surface area contributed by atoms with Crippen LogP contribution in [-0.4, -0.2) is 47.1 Å². The number of fused-ring (bicyclic) bond motifs is 1. The molecule has 0 aliphatic rings. The summed E-state index contributed by atoms with van der Waals surface area (Å²) >= 11 is 0. The fraction of sp³-hybridized carbons (Fsp3) is 0.353. The molecule has 0 saturated carbocycles. The molecule has 0 aliphatic carbocycles. The Bertz CT molecular complexity index is 894. The normalized spacial score (nSPS) is 10.8. The Morgan fingerprint density at radius 3 is 2.73 bits per heavy atom. The van der Waals surface area contributed by atoms with E-state index in [9.17, 15) is 0 Å². The van der Waals surface area contributed by atoms with Crippen LogP contribution in [0.2, 0.25) is 0 Å². The molecule has 0 spiro atoms. The largest absolute Gasteiger partial charge is 0.497 e. The summed E-state index contributed by atoms with van der Waals surface area (Å²) in [4.78, 5) is 9.03. The summed E-state index contributed by atoms with van der Waals surface area (Å²) in [6.45, 7) is 1.62. The second-order valence-electron chi connectivity index (χ2n) is 5.65. The van der Waals surface area contributed by atoms with E-state index in [2.05, 4.69) is 25.7 Å². The maximum absolute atomic E-state index is 5.55. The average Bonchev–Trinajstić information content (AvgIpc) is 3.05. The fourth-order valence-corrected chi connectivity index (χ4v) is 2.60. The Labute approximate surface area is 151 Å². The molecule has 2 heterocycles. The molecule has 0 atom stereocenters. The van der Waals surface area contributed by atoms with Crippen molar-refractivity contribution in [3.05, 3.63) is 30.0 Å². The summed E-state index contributed by atoms with van der Waals surface area (Å²) in [6.07, 6.45) is 1.75. The molecule has 4 N–H and O–H groups in total. The molecule has 0 bridgehead atoms. The number of methoxy groups -OCH3 is 2. The standard InChI is InChI=1S/C17H23N7O2/c1-24-16-13(10-21-24)15(22-17(23-16)19-7-6-18)20-9-11-4-5-12(25-2)8-14(11)26-3/h4-5,8,10H,6-7,9,18H2,1-3H3,(H2,19,20,22,23). The van der Waals surface area contributed by atoms with E-state index < -0.39 is 0 Å². The van der Waals surface area contributed by atoms with E-state index in [0.29, 0.717) is 31.4 Å². The van der Waals surface area contributed by atoms with Crippen LogP contribution in [0.4, 0.5) is 11.8 Å². The molecule has 0 radical (unpaired) electrons. The van der Waals surface area contributed by atoms with Gasteiger partial charge in [-0.15, -0.1) is 0 Å². The predicted molar refractivity (Wildman–Crippen MR) is 101 cm³/mol. The van der Waals surface area contributed by atoms with Gasteiger partial charge in [0.05, 0.1) is 25.8 Å². The number of hydrogen-bond acceptors (Lipinski definition) is 8. The highest BCUT2D eigenvalue weighted by Crippen LogP contribution is 2.27. The monoisotopic (exact) mass is 357 g/mol. The van der Waals surface area contributed by atoms with Crippen molar-refractivity contribution in [1.82, 2.24) is 19.7 Å². The number of benzene rings is 1. The number of rotatable bonds is 8. The van der Waals surface area contributed by atoms with Crippen molar-refractivity contribution in [2.24, 2.45) is 12.8 Å². The van der Waals surface area contributed by atoms with Crippen molar-refractivity contribution in [2.75, 3.05) is 37.9 Å². The van der Waals surface area contributed by atoms with Crippen LogP contribution in [0.3, 0.4) is 0 Å². The fourth-order valence-electron chi connectivity index (χ4n) is 2.60. The van der Waals surface area contributed by atoms with Crippen molar-refractivity contribution in [1.29, 1.82) is 0 Å². The summed E-state index contributed by atoms with van der Waals surface area (Å²) in [5, 5.41) is 11.6. The first-order valence-electron chi connectivity index (χ1n) is 8.24. The Morgan fingerprint density at radius 2 is 2.00 bits per heavy atom.